The molecule has 1 aromatic carbocycles. The normalized spacial score (nSPS) is 13.9. The fourth-order valence-electron chi connectivity index (χ4n) is 3.34. The quantitative estimate of drug-likeness (QED) is 0.605. The van der Waals surface area contributed by atoms with E-state index in [0.717, 1.165) is 40.5 Å². The standard InChI is InChI=1S/C20H20N4O2S2/c1-12(27-20-22-10-11-24(20)13-6-3-2-4-7-13)18(26)23-19-16(17(21)25)14-8-5-9-15(14)28-19/h2-4,6-7,10-12H,5,8-9H2,1H3,(H2,21,25)(H,23,26). The number of nitrogens with two attached hydrogens (primary N) is 1. The van der Waals surface area contributed by atoms with E-state index in [0.29, 0.717) is 10.6 Å². The van der Waals surface area contributed by atoms with E-state index in [1.807, 2.05) is 48.0 Å². The number of para-hydroxylation sites is 1. The monoisotopic (exact) mass is 412 g/mol. The maximum Gasteiger partial charge on any atom is 0.251 e. The van der Waals surface area contributed by atoms with Crippen LogP contribution in [0.3, 0.4) is 0 Å². The molecular weight excluding hydrogens is 392 g/mol. The van der Waals surface area contributed by atoms with Crippen molar-refractivity contribution in [2.75, 3.05) is 5.32 Å². The number of thiophene rings is 1. The maximum absolute atomic E-state index is 12.8. The molecule has 4 rings (SSSR count). The van der Waals surface area contributed by atoms with Crippen LogP contribution in [0.2, 0.25) is 0 Å². The van der Waals surface area contributed by atoms with Crippen LogP contribution >= 0.6 is 23.1 Å². The molecule has 1 aliphatic rings. The predicted octanol–water partition coefficient (Wildman–Crippen LogP) is 3.64. The number of anilines is 1. The van der Waals surface area contributed by atoms with Gasteiger partial charge in [0, 0.05) is 23.0 Å². The van der Waals surface area contributed by atoms with Gasteiger partial charge in [0.25, 0.3) is 5.91 Å². The number of nitrogens with one attached hydrogen (secondary N) is 1. The van der Waals surface area contributed by atoms with Gasteiger partial charge in [-0.05, 0) is 43.9 Å². The summed E-state index contributed by atoms with van der Waals surface area (Å²) in [4.78, 5) is 30.2. The predicted molar refractivity (Wildman–Crippen MR) is 112 cm³/mol. The Kier molecular flexibility index (Phi) is 5.23. The molecule has 0 saturated heterocycles. The van der Waals surface area contributed by atoms with Crippen LogP contribution in [-0.2, 0) is 17.6 Å². The summed E-state index contributed by atoms with van der Waals surface area (Å²) < 4.78 is 1.95. The highest BCUT2D eigenvalue weighted by Gasteiger charge is 2.27. The van der Waals surface area contributed by atoms with Gasteiger partial charge in [0.2, 0.25) is 5.91 Å². The first-order chi connectivity index (χ1) is 13.5. The van der Waals surface area contributed by atoms with Gasteiger partial charge in [0.1, 0.15) is 5.00 Å². The summed E-state index contributed by atoms with van der Waals surface area (Å²) in [6.45, 7) is 1.83. The molecule has 0 fully saturated rings. The van der Waals surface area contributed by atoms with E-state index in [4.69, 9.17) is 5.73 Å². The van der Waals surface area contributed by atoms with Crippen LogP contribution in [0.5, 0.6) is 0 Å². The average Bonchev–Trinajstić information content (AvgIpc) is 3.38. The molecule has 6 nitrogen and oxygen atoms in total. The fraction of sp³-hybridized carbons (Fsp3) is 0.250. The maximum atomic E-state index is 12.8. The second-order valence-electron chi connectivity index (χ2n) is 6.59. The van der Waals surface area contributed by atoms with Crippen molar-refractivity contribution in [3.63, 3.8) is 0 Å². The first-order valence-corrected chi connectivity index (χ1v) is 10.7. The van der Waals surface area contributed by atoms with Gasteiger partial charge < -0.3 is 11.1 Å². The highest BCUT2D eigenvalue weighted by atomic mass is 32.2. The zero-order chi connectivity index (χ0) is 19.7. The molecule has 28 heavy (non-hydrogen) atoms. The summed E-state index contributed by atoms with van der Waals surface area (Å²) in [6, 6.07) is 9.85. The summed E-state index contributed by atoms with van der Waals surface area (Å²) in [5.41, 5.74) is 8.05. The fourth-order valence-corrected chi connectivity index (χ4v) is 5.52. The number of nitrogens with zero attached hydrogens (tertiary/aromatic N) is 2. The van der Waals surface area contributed by atoms with Gasteiger partial charge in [-0.3, -0.25) is 14.2 Å². The zero-order valence-electron chi connectivity index (χ0n) is 15.3. The Morgan fingerprint density at radius 1 is 1.29 bits per heavy atom. The van der Waals surface area contributed by atoms with Crippen LogP contribution in [-0.4, -0.2) is 26.6 Å². The molecule has 3 aromatic rings. The van der Waals surface area contributed by atoms with Gasteiger partial charge in [-0.25, -0.2) is 4.98 Å². The van der Waals surface area contributed by atoms with Crippen molar-refractivity contribution in [2.45, 2.75) is 36.6 Å². The molecule has 8 heteroatoms. The first-order valence-electron chi connectivity index (χ1n) is 9.05. The molecule has 2 aromatic heterocycles. The first kappa shape index (κ1) is 18.8. The van der Waals surface area contributed by atoms with Gasteiger partial charge in [0.05, 0.1) is 10.8 Å². The SMILES string of the molecule is CC(Sc1nccn1-c1ccccc1)C(=O)Nc1sc2c(c1C(N)=O)CCC2. The van der Waals surface area contributed by atoms with Crippen LogP contribution in [0.25, 0.3) is 5.69 Å². The molecular formula is C20H20N4O2S2. The molecule has 0 spiro atoms. The number of amides is 2. The third kappa shape index (κ3) is 3.57. The van der Waals surface area contributed by atoms with Gasteiger partial charge >= 0.3 is 0 Å². The van der Waals surface area contributed by atoms with E-state index < -0.39 is 5.91 Å². The number of fused-ring (bicyclic) bond motifs is 1. The number of benzene rings is 1. The van der Waals surface area contributed by atoms with E-state index in [9.17, 15) is 9.59 Å². The number of hydrogen-bond donors (Lipinski definition) is 2. The van der Waals surface area contributed by atoms with Crippen LogP contribution in [0.15, 0.2) is 47.9 Å². The van der Waals surface area contributed by atoms with Crippen molar-refractivity contribution < 1.29 is 9.59 Å². The number of aryl methyl sites for hydroxylation is 1. The topological polar surface area (TPSA) is 90.0 Å². The Balaban J connectivity index is 1.50. The van der Waals surface area contributed by atoms with Crippen molar-refractivity contribution in [1.82, 2.24) is 9.55 Å². The Bertz CT molecular complexity index is 1030. The summed E-state index contributed by atoms with van der Waals surface area (Å²) in [7, 11) is 0. The third-order valence-corrected chi connectivity index (χ3v) is 6.98. The Labute approximate surface area is 171 Å². The number of hydrogen-bond acceptors (Lipinski definition) is 5. The van der Waals surface area contributed by atoms with E-state index in [2.05, 4.69) is 10.3 Å². The number of carbonyl (C=O) groups excluding carboxylic acids is 2. The van der Waals surface area contributed by atoms with Crippen molar-refractivity contribution in [3.8, 4) is 5.69 Å². The summed E-state index contributed by atoms with van der Waals surface area (Å²) in [5, 5.41) is 3.83. The molecule has 2 amide bonds. The second kappa shape index (κ2) is 7.81. The molecule has 1 unspecified atom stereocenters. The molecule has 0 aliphatic heterocycles. The van der Waals surface area contributed by atoms with E-state index in [1.54, 1.807) is 6.20 Å². The lowest BCUT2D eigenvalue weighted by Gasteiger charge is -2.13. The van der Waals surface area contributed by atoms with Crippen LogP contribution in [0.4, 0.5) is 5.00 Å². The highest BCUT2D eigenvalue weighted by molar-refractivity contribution is 8.00. The van der Waals surface area contributed by atoms with Crippen molar-refractivity contribution >= 4 is 39.9 Å². The van der Waals surface area contributed by atoms with Crippen molar-refractivity contribution in [1.29, 1.82) is 0 Å². The molecule has 144 valence electrons. The molecule has 0 radical (unpaired) electrons. The lowest BCUT2D eigenvalue weighted by Crippen LogP contribution is -2.24. The van der Waals surface area contributed by atoms with Crippen molar-refractivity contribution in [3.05, 3.63) is 58.7 Å². The lowest BCUT2D eigenvalue weighted by molar-refractivity contribution is -0.115. The molecule has 3 N–H and O–H groups in total. The summed E-state index contributed by atoms with van der Waals surface area (Å²) in [5.74, 6) is -0.648. The Morgan fingerprint density at radius 3 is 2.82 bits per heavy atom. The molecule has 2 heterocycles. The molecule has 0 saturated carbocycles. The lowest BCUT2D eigenvalue weighted by atomic mass is 10.1. The number of imidazole rings is 1. The number of aromatic nitrogens is 2. The van der Waals surface area contributed by atoms with Crippen molar-refractivity contribution in [2.24, 2.45) is 5.73 Å². The zero-order valence-corrected chi connectivity index (χ0v) is 17.0. The largest absolute Gasteiger partial charge is 0.365 e. The van der Waals surface area contributed by atoms with E-state index >= 15 is 0 Å². The summed E-state index contributed by atoms with van der Waals surface area (Å²) >= 11 is 2.84. The number of carbonyl (C=O) groups is 2. The molecule has 1 aliphatic carbocycles. The van der Waals surface area contributed by atoms with E-state index in [-0.39, 0.29) is 11.2 Å². The second-order valence-corrected chi connectivity index (χ2v) is 9.00. The number of thioether (sulfide) groups is 1. The minimum absolute atomic E-state index is 0.171. The van der Waals surface area contributed by atoms with Crippen LogP contribution < -0.4 is 11.1 Å². The third-order valence-electron chi connectivity index (χ3n) is 4.70. The van der Waals surface area contributed by atoms with Crippen LogP contribution in [0, 0.1) is 0 Å². The van der Waals surface area contributed by atoms with Gasteiger partial charge in [0.15, 0.2) is 5.16 Å². The smallest absolute Gasteiger partial charge is 0.251 e. The van der Waals surface area contributed by atoms with Gasteiger partial charge in [-0.2, -0.15) is 0 Å². The van der Waals surface area contributed by atoms with Crippen LogP contribution in [0.1, 0.15) is 34.1 Å². The van der Waals surface area contributed by atoms with E-state index in [1.165, 1.54) is 23.1 Å². The Morgan fingerprint density at radius 2 is 2.07 bits per heavy atom. The van der Waals surface area contributed by atoms with Gasteiger partial charge in [-0.15, -0.1) is 11.3 Å². The number of primary amides is 1. The average molecular weight is 413 g/mol. The minimum atomic E-state index is -0.477. The molecule has 0 bridgehead atoms. The highest BCUT2D eigenvalue weighted by Crippen LogP contribution is 2.39. The summed E-state index contributed by atoms with van der Waals surface area (Å²) in [6.07, 6.45) is 6.41. The van der Waals surface area contributed by atoms with Gasteiger partial charge in [-0.1, -0.05) is 30.0 Å². The minimum Gasteiger partial charge on any atom is -0.365 e. The molecule has 1 atom stereocenters. The Hall–Kier alpha value is -2.58. The number of rotatable bonds is 6.